The highest BCUT2D eigenvalue weighted by molar-refractivity contribution is 6.30. The van der Waals surface area contributed by atoms with Gasteiger partial charge in [0.25, 0.3) is 11.8 Å². The minimum Gasteiger partial charge on any atom is -0.296 e. The maximum Gasteiger partial charge on any atom is 0.262 e. The van der Waals surface area contributed by atoms with Crippen LogP contribution < -0.4 is 5.32 Å². The Bertz CT molecular complexity index is 1540. The number of nitrogens with one attached hydrogen (secondary N) is 1. The number of piperazine rings is 1. The standard InChI is InChI=1S/C34H38ClFN4O4/c1-34(2)12-11-23(28(16-34)22-4-6-24(35)7-5-22)19-38-13-14-39(25(17-36)20-38)18-21-3-8-26-27(15-21)33(44)40(32(26)43)29-9-10-30(41)37-31(29)42/h3-8,15,25,29H,9-14,16-20H2,1-2H3,(H,37,41,42). The average Bonchev–Trinajstić information content (AvgIpc) is 3.23. The lowest BCUT2D eigenvalue weighted by Crippen LogP contribution is -2.54. The van der Waals surface area contributed by atoms with Crippen LogP contribution in [0.1, 0.15) is 77.8 Å². The molecule has 4 aliphatic rings. The van der Waals surface area contributed by atoms with Crippen LogP contribution in [-0.2, 0) is 16.1 Å². The highest BCUT2D eigenvalue weighted by Gasteiger charge is 2.44. The molecule has 8 nitrogen and oxygen atoms in total. The maximum absolute atomic E-state index is 14.5. The number of alkyl halides is 1. The smallest absolute Gasteiger partial charge is 0.262 e. The molecule has 0 spiro atoms. The molecule has 0 bridgehead atoms. The van der Waals surface area contributed by atoms with Crippen molar-refractivity contribution in [2.45, 2.75) is 64.6 Å². The van der Waals surface area contributed by atoms with Crippen molar-refractivity contribution in [1.29, 1.82) is 0 Å². The predicted octanol–water partition coefficient (Wildman–Crippen LogP) is 4.86. The quantitative estimate of drug-likeness (QED) is 0.445. The number of amides is 4. The molecule has 0 aromatic heterocycles. The summed E-state index contributed by atoms with van der Waals surface area (Å²) in [4.78, 5) is 55.7. The van der Waals surface area contributed by atoms with Gasteiger partial charge < -0.3 is 0 Å². The summed E-state index contributed by atoms with van der Waals surface area (Å²) in [6.07, 6.45) is 3.32. The third-order valence-electron chi connectivity index (χ3n) is 9.55. The van der Waals surface area contributed by atoms with E-state index in [9.17, 15) is 23.6 Å². The molecule has 2 aromatic rings. The molecule has 0 saturated carbocycles. The lowest BCUT2D eigenvalue weighted by molar-refractivity contribution is -0.136. The number of rotatable bonds is 7. The number of piperidine rings is 1. The van der Waals surface area contributed by atoms with Gasteiger partial charge in [-0.2, -0.15) is 0 Å². The topological polar surface area (TPSA) is 90.0 Å². The number of hydrogen-bond acceptors (Lipinski definition) is 6. The summed E-state index contributed by atoms with van der Waals surface area (Å²) in [6.45, 7) is 7.46. The van der Waals surface area contributed by atoms with Crippen molar-refractivity contribution in [1.82, 2.24) is 20.0 Å². The van der Waals surface area contributed by atoms with Crippen LogP contribution in [0, 0.1) is 5.41 Å². The van der Waals surface area contributed by atoms with Crippen molar-refractivity contribution < 1.29 is 23.6 Å². The van der Waals surface area contributed by atoms with Crippen molar-refractivity contribution in [2.75, 3.05) is 32.9 Å². The van der Waals surface area contributed by atoms with Crippen molar-refractivity contribution in [2.24, 2.45) is 5.41 Å². The van der Waals surface area contributed by atoms with Gasteiger partial charge in [-0.05, 0) is 72.1 Å². The second-order valence-corrected chi connectivity index (χ2v) is 13.7. The van der Waals surface area contributed by atoms with Gasteiger partial charge in [0.05, 0.1) is 17.2 Å². The van der Waals surface area contributed by atoms with Gasteiger partial charge in [0.1, 0.15) is 12.7 Å². The molecule has 2 atom stereocenters. The Hall–Kier alpha value is -3.40. The minimum absolute atomic E-state index is 0.0728. The van der Waals surface area contributed by atoms with E-state index in [1.165, 1.54) is 16.7 Å². The number of hydrogen-bond donors (Lipinski definition) is 1. The normalized spacial score (nSPS) is 24.6. The van der Waals surface area contributed by atoms with E-state index >= 15 is 0 Å². The SMILES string of the molecule is CC1(C)CCC(CN2CCN(Cc3ccc4c(c3)C(=O)N(C3CCC(=O)NC3=O)C4=O)C(CF)C2)=C(c2ccc(Cl)cc2)C1. The van der Waals surface area contributed by atoms with Crippen LogP contribution in [0.25, 0.3) is 5.57 Å². The minimum atomic E-state index is -1.00. The van der Waals surface area contributed by atoms with E-state index in [4.69, 9.17) is 11.6 Å². The monoisotopic (exact) mass is 620 g/mol. The number of carbonyl (C=O) groups is 4. The van der Waals surface area contributed by atoms with Crippen LogP contribution in [0.2, 0.25) is 5.02 Å². The fourth-order valence-corrected chi connectivity index (χ4v) is 7.17. The molecule has 10 heteroatoms. The van der Waals surface area contributed by atoms with Gasteiger partial charge in [-0.3, -0.25) is 39.2 Å². The van der Waals surface area contributed by atoms with Gasteiger partial charge >= 0.3 is 0 Å². The molecule has 6 rings (SSSR count). The van der Waals surface area contributed by atoms with Crippen LogP contribution in [0.3, 0.4) is 0 Å². The second kappa shape index (κ2) is 12.2. The summed E-state index contributed by atoms with van der Waals surface area (Å²) in [5.41, 5.74) is 5.52. The molecule has 3 heterocycles. The molecule has 232 valence electrons. The van der Waals surface area contributed by atoms with Gasteiger partial charge in [-0.15, -0.1) is 0 Å². The lowest BCUT2D eigenvalue weighted by Gasteiger charge is -2.42. The molecule has 2 aromatic carbocycles. The summed E-state index contributed by atoms with van der Waals surface area (Å²) < 4.78 is 14.5. The zero-order valence-corrected chi connectivity index (χ0v) is 26.0. The van der Waals surface area contributed by atoms with Crippen LogP contribution in [-0.4, -0.2) is 83.3 Å². The Morgan fingerprint density at radius 3 is 2.43 bits per heavy atom. The summed E-state index contributed by atoms with van der Waals surface area (Å²) >= 11 is 6.17. The van der Waals surface area contributed by atoms with Crippen molar-refractivity contribution in [3.8, 4) is 0 Å². The van der Waals surface area contributed by atoms with Gasteiger partial charge in [0.15, 0.2) is 0 Å². The van der Waals surface area contributed by atoms with Gasteiger partial charge in [-0.25, -0.2) is 4.39 Å². The Morgan fingerprint density at radius 1 is 0.955 bits per heavy atom. The fraction of sp³-hybridized carbons (Fsp3) is 0.471. The molecule has 3 aliphatic heterocycles. The molecule has 1 aliphatic carbocycles. The first-order valence-electron chi connectivity index (χ1n) is 15.4. The Morgan fingerprint density at radius 2 is 1.70 bits per heavy atom. The van der Waals surface area contributed by atoms with Crippen LogP contribution in [0.15, 0.2) is 48.0 Å². The van der Waals surface area contributed by atoms with E-state index in [1.54, 1.807) is 18.2 Å². The Balaban J connectivity index is 1.14. The first-order valence-corrected chi connectivity index (χ1v) is 15.7. The fourth-order valence-electron chi connectivity index (χ4n) is 7.04. The molecule has 44 heavy (non-hydrogen) atoms. The summed E-state index contributed by atoms with van der Waals surface area (Å²) in [5.74, 6) is -2.10. The van der Waals surface area contributed by atoms with E-state index in [0.717, 1.165) is 47.8 Å². The number of allylic oxidation sites excluding steroid dienone is 1. The molecule has 2 saturated heterocycles. The van der Waals surface area contributed by atoms with Crippen LogP contribution in [0.4, 0.5) is 4.39 Å². The van der Waals surface area contributed by atoms with E-state index in [2.05, 4.69) is 41.1 Å². The first-order chi connectivity index (χ1) is 21.0. The highest BCUT2D eigenvalue weighted by atomic mass is 35.5. The molecule has 2 unspecified atom stereocenters. The number of nitrogens with zero attached hydrogens (tertiary/aromatic N) is 3. The molecule has 2 fully saturated rings. The number of benzene rings is 2. The number of imide groups is 2. The summed E-state index contributed by atoms with van der Waals surface area (Å²) in [7, 11) is 0. The van der Waals surface area contributed by atoms with E-state index < -0.39 is 36.3 Å². The van der Waals surface area contributed by atoms with Crippen LogP contribution in [0.5, 0.6) is 0 Å². The third-order valence-corrected chi connectivity index (χ3v) is 9.80. The zero-order valence-electron chi connectivity index (χ0n) is 25.2. The molecule has 4 amide bonds. The number of halogens is 2. The molecule has 1 N–H and O–H groups in total. The first kappa shape index (κ1) is 30.6. The van der Waals surface area contributed by atoms with E-state index in [-0.39, 0.29) is 35.4 Å². The van der Waals surface area contributed by atoms with Crippen LogP contribution >= 0.6 is 11.6 Å². The second-order valence-electron chi connectivity index (χ2n) is 13.3. The summed E-state index contributed by atoms with van der Waals surface area (Å²) in [6, 6.07) is 11.9. The van der Waals surface area contributed by atoms with Gasteiger partial charge in [-0.1, -0.05) is 49.2 Å². The van der Waals surface area contributed by atoms with Crippen molar-refractivity contribution in [3.05, 3.63) is 75.3 Å². The predicted molar refractivity (Wildman–Crippen MR) is 166 cm³/mol. The maximum atomic E-state index is 14.5. The van der Waals surface area contributed by atoms with Gasteiger partial charge in [0.2, 0.25) is 11.8 Å². The summed E-state index contributed by atoms with van der Waals surface area (Å²) in [5, 5.41) is 2.94. The largest absolute Gasteiger partial charge is 0.296 e. The molecular formula is C34H38ClFN4O4. The Labute approximate surface area is 262 Å². The number of fused-ring (bicyclic) bond motifs is 1. The zero-order chi connectivity index (χ0) is 31.2. The van der Waals surface area contributed by atoms with Crippen molar-refractivity contribution in [3.63, 3.8) is 0 Å². The third kappa shape index (κ3) is 6.10. The lowest BCUT2D eigenvalue weighted by atomic mass is 9.72. The van der Waals surface area contributed by atoms with E-state index in [1.807, 2.05) is 12.1 Å². The molecule has 0 radical (unpaired) electrons. The van der Waals surface area contributed by atoms with Crippen molar-refractivity contribution >= 4 is 40.8 Å². The Kier molecular flexibility index (Phi) is 8.48. The van der Waals surface area contributed by atoms with Gasteiger partial charge in [0, 0.05) is 44.2 Å². The molecular weight excluding hydrogens is 583 g/mol. The van der Waals surface area contributed by atoms with E-state index in [0.29, 0.717) is 19.6 Å². The highest BCUT2D eigenvalue weighted by Crippen LogP contribution is 2.43. The number of carbonyl (C=O) groups excluding carboxylic acids is 4. The average molecular weight is 621 g/mol.